The number of anilines is 2. The van der Waals surface area contributed by atoms with Crippen molar-refractivity contribution in [2.75, 3.05) is 23.8 Å². The Labute approximate surface area is 215 Å². The smallest absolute Gasteiger partial charge is 0.352 e. The van der Waals surface area contributed by atoms with E-state index in [1.165, 1.54) is 35.4 Å². The number of hydrogen-bond acceptors (Lipinski definition) is 14. The molecule has 2 amide bonds. The normalized spacial score (nSPS) is 19.4. The lowest BCUT2D eigenvalue weighted by Crippen LogP contribution is -2.71. The number of amides is 2. The fourth-order valence-electron chi connectivity index (χ4n) is 3.35. The number of aliphatic carboxylic acids is 1. The zero-order chi connectivity index (χ0) is 26.0. The van der Waals surface area contributed by atoms with Gasteiger partial charge in [-0.25, -0.2) is 14.8 Å². The Bertz CT molecular complexity index is 1290. The van der Waals surface area contributed by atoms with Crippen molar-refractivity contribution < 1.29 is 33.9 Å². The van der Waals surface area contributed by atoms with Crippen molar-refractivity contribution in [3.05, 3.63) is 33.4 Å². The number of thioether (sulfide) groups is 1. The largest absolute Gasteiger partial charge is 0.477 e. The van der Waals surface area contributed by atoms with Crippen molar-refractivity contribution in [3.63, 3.8) is 0 Å². The number of carboxylic acids is 1. The Balaban J connectivity index is 1.49. The number of β-lactam (4-membered cyclic amide) rings is 1. The molecule has 0 bridgehead atoms. The first-order valence-electron chi connectivity index (χ1n) is 10.1. The third kappa shape index (κ3) is 5.26. The Morgan fingerprint density at radius 2 is 1.94 bits per heavy atom. The van der Waals surface area contributed by atoms with Gasteiger partial charge in [0, 0.05) is 29.0 Å². The zero-order valence-corrected chi connectivity index (χ0v) is 20.9. The van der Waals surface area contributed by atoms with Crippen molar-refractivity contribution in [2.45, 2.75) is 24.9 Å². The summed E-state index contributed by atoms with van der Waals surface area (Å²) in [6.07, 6.45) is 0. The molecule has 0 aromatic carbocycles. The number of nitrogen functional groups attached to an aromatic ring is 2. The molecule has 2 atom stereocenters. The highest BCUT2D eigenvalue weighted by Crippen LogP contribution is 2.40. The van der Waals surface area contributed by atoms with Gasteiger partial charge in [-0.3, -0.25) is 19.3 Å². The molecule has 2 aliphatic rings. The second-order valence-electron chi connectivity index (χ2n) is 7.36. The average Bonchev–Trinajstić information content (AvgIpc) is 3.45. The van der Waals surface area contributed by atoms with Gasteiger partial charge in [0.1, 0.15) is 29.4 Å². The third-order valence-electron chi connectivity index (χ3n) is 4.90. The molecular weight excluding hydrogens is 534 g/mol. The molecule has 0 aliphatic carbocycles. The highest BCUT2D eigenvalue weighted by Gasteiger charge is 2.54. The highest BCUT2D eigenvalue weighted by atomic mass is 32.2. The number of esters is 1. The van der Waals surface area contributed by atoms with Crippen LogP contribution in [0.4, 0.5) is 10.3 Å². The molecule has 0 saturated carbocycles. The molecule has 2 aromatic rings. The number of nitrogens with zero attached hydrogens (tertiary/aromatic N) is 4. The number of carbonyl (C=O) groups is 4. The first kappa shape index (κ1) is 25.4. The Morgan fingerprint density at radius 1 is 1.22 bits per heavy atom. The predicted octanol–water partition coefficient (Wildman–Crippen LogP) is -0.0134. The van der Waals surface area contributed by atoms with Gasteiger partial charge in [-0.15, -0.1) is 34.4 Å². The van der Waals surface area contributed by atoms with Crippen LogP contribution in [0.15, 0.2) is 27.2 Å². The number of thiazole rings is 2. The van der Waals surface area contributed by atoms with Crippen molar-refractivity contribution in [1.29, 1.82) is 0 Å². The van der Waals surface area contributed by atoms with Crippen LogP contribution in [0.1, 0.15) is 18.3 Å². The van der Waals surface area contributed by atoms with Gasteiger partial charge in [0.05, 0.1) is 5.69 Å². The number of hydrogen-bond donors (Lipinski definition) is 4. The van der Waals surface area contributed by atoms with Gasteiger partial charge in [-0.1, -0.05) is 5.16 Å². The van der Waals surface area contributed by atoms with Gasteiger partial charge in [0.25, 0.3) is 11.8 Å². The maximum atomic E-state index is 13.1. The maximum Gasteiger partial charge on any atom is 0.352 e. The van der Waals surface area contributed by atoms with E-state index in [1.54, 1.807) is 5.38 Å². The van der Waals surface area contributed by atoms with E-state index in [9.17, 15) is 24.3 Å². The minimum Gasteiger partial charge on any atom is -0.477 e. The topological polar surface area (TPSA) is 212 Å². The van der Waals surface area contributed by atoms with Crippen LogP contribution in [-0.2, 0) is 35.4 Å². The maximum absolute atomic E-state index is 13.1. The molecule has 2 aromatic heterocycles. The van der Waals surface area contributed by atoms with Gasteiger partial charge in [0.2, 0.25) is 0 Å². The van der Waals surface area contributed by atoms with Crippen LogP contribution < -0.4 is 16.8 Å². The summed E-state index contributed by atoms with van der Waals surface area (Å²) in [5.74, 6) is -3.11. The number of nitrogens with two attached hydrogens (primary N) is 2. The standard InChI is InChI=1S/C19H19N7O7S3/c1-7(27)32-2-8-4-34-16-12(15(29)26(16)13(8)17(30)31)24-14(28)11(10-6-36-19(21)23-10)25-33-3-9-5-35-18(20)22-9/h5-6,12,16H,2-4H2,1H3,(H2,20,22)(H2,21,23)(H,24,28)(H,30,31)/b25-11+/t12-,16-/m1/s1. The van der Waals surface area contributed by atoms with Gasteiger partial charge >= 0.3 is 11.9 Å². The number of rotatable bonds is 9. The van der Waals surface area contributed by atoms with E-state index in [0.717, 1.165) is 16.2 Å². The molecule has 6 N–H and O–H groups in total. The summed E-state index contributed by atoms with van der Waals surface area (Å²) < 4.78 is 4.91. The second kappa shape index (κ2) is 10.5. The minimum atomic E-state index is -1.34. The summed E-state index contributed by atoms with van der Waals surface area (Å²) in [6.45, 7) is 0.892. The number of aromatic nitrogens is 2. The number of nitrogens with one attached hydrogen (secondary N) is 1. The third-order valence-corrected chi connectivity index (χ3v) is 7.64. The van der Waals surface area contributed by atoms with Gasteiger partial charge < -0.3 is 31.5 Å². The number of ether oxygens (including phenoxy) is 1. The van der Waals surface area contributed by atoms with E-state index in [1.807, 2.05) is 0 Å². The summed E-state index contributed by atoms with van der Waals surface area (Å²) in [5, 5.41) is 19.2. The number of fused-ring (bicyclic) bond motifs is 1. The number of oxime groups is 1. The van der Waals surface area contributed by atoms with Crippen molar-refractivity contribution in [3.8, 4) is 0 Å². The lowest BCUT2D eigenvalue weighted by atomic mass is 10.0. The Morgan fingerprint density at radius 3 is 2.56 bits per heavy atom. The fraction of sp³-hybridized carbons (Fsp3) is 0.316. The van der Waals surface area contributed by atoms with Gasteiger partial charge in [-0.2, -0.15) is 0 Å². The first-order valence-corrected chi connectivity index (χ1v) is 12.9. The van der Waals surface area contributed by atoms with Crippen LogP contribution in [0.3, 0.4) is 0 Å². The van der Waals surface area contributed by atoms with Crippen molar-refractivity contribution in [2.24, 2.45) is 5.16 Å². The van der Waals surface area contributed by atoms with E-state index >= 15 is 0 Å². The Kier molecular flexibility index (Phi) is 7.41. The molecule has 0 spiro atoms. The monoisotopic (exact) mass is 553 g/mol. The molecule has 2 aliphatic heterocycles. The molecule has 14 nitrogen and oxygen atoms in total. The van der Waals surface area contributed by atoms with E-state index in [4.69, 9.17) is 21.0 Å². The van der Waals surface area contributed by atoms with E-state index in [-0.39, 0.29) is 46.8 Å². The average molecular weight is 554 g/mol. The molecule has 1 saturated heterocycles. The SMILES string of the molecule is CC(=O)OCC1=C(C(=O)O)N2C(=O)[C@@H](NC(=O)/C(=N/OCc3csc(N)n3)c3csc(N)n3)[C@H]2SC1. The molecule has 4 rings (SSSR count). The van der Waals surface area contributed by atoms with E-state index in [0.29, 0.717) is 10.8 Å². The summed E-state index contributed by atoms with van der Waals surface area (Å²) in [5.41, 5.74) is 11.7. The lowest BCUT2D eigenvalue weighted by Gasteiger charge is -2.49. The van der Waals surface area contributed by atoms with Crippen LogP contribution in [0.5, 0.6) is 0 Å². The molecule has 0 unspecified atom stereocenters. The van der Waals surface area contributed by atoms with Crippen LogP contribution >= 0.6 is 34.4 Å². The molecule has 190 valence electrons. The molecule has 17 heteroatoms. The fourth-order valence-corrected chi connectivity index (χ4v) is 5.77. The quantitative estimate of drug-likeness (QED) is 0.140. The molecule has 0 radical (unpaired) electrons. The van der Waals surface area contributed by atoms with Crippen LogP contribution in [0, 0.1) is 0 Å². The zero-order valence-electron chi connectivity index (χ0n) is 18.5. The highest BCUT2D eigenvalue weighted by molar-refractivity contribution is 8.00. The molecule has 36 heavy (non-hydrogen) atoms. The second-order valence-corrected chi connectivity index (χ2v) is 10.2. The van der Waals surface area contributed by atoms with Crippen LogP contribution in [0.2, 0.25) is 0 Å². The summed E-state index contributed by atoms with van der Waals surface area (Å²) >= 11 is 3.54. The summed E-state index contributed by atoms with van der Waals surface area (Å²) in [6, 6.07) is -1.02. The van der Waals surface area contributed by atoms with Crippen LogP contribution in [-0.4, -0.2) is 73.2 Å². The van der Waals surface area contributed by atoms with E-state index < -0.39 is 35.2 Å². The summed E-state index contributed by atoms with van der Waals surface area (Å²) in [7, 11) is 0. The molecular formula is C19H19N7O7S3. The number of carboxylic acid groups (broad SMARTS) is 1. The van der Waals surface area contributed by atoms with Gasteiger partial charge in [0.15, 0.2) is 22.6 Å². The van der Waals surface area contributed by atoms with Crippen molar-refractivity contribution >= 4 is 74.2 Å². The summed E-state index contributed by atoms with van der Waals surface area (Å²) in [4.78, 5) is 63.4. The van der Waals surface area contributed by atoms with Gasteiger partial charge in [-0.05, 0) is 0 Å². The molecule has 4 heterocycles. The minimum absolute atomic E-state index is 0.0589. The Hall–Kier alpha value is -3.70. The van der Waals surface area contributed by atoms with Crippen molar-refractivity contribution in [1.82, 2.24) is 20.2 Å². The predicted molar refractivity (Wildman–Crippen MR) is 131 cm³/mol. The molecule has 1 fully saturated rings. The first-order chi connectivity index (χ1) is 17.2. The number of carbonyl (C=O) groups excluding carboxylic acids is 3. The van der Waals surface area contributed by atoms with Crippen LogP contribution in [0.25, 0.3) is 0 Å². The lowest BCUT2D eigenvalue weighted by molar-refractivity contribution is -0.150. The van der Waals surface area contributed by atoms with E-state index in [2.05, 4.69) is 20.4 Å².